The zero-order valence-electron chi connectivity index (χ0n) is 52.5. The Balaban J connectivity index is 4.31. The van der Waals surface area contributed by atoms with Crippen LogP contribution in [0.5, 0.6) is 0 Å². The average Bonchev–Trinajstić information content (AvgIpc) is 3.46. The zero-order chi connectivity index (χ0) is 58.5. The van der Waals surface area contributed by atoms with Crippen molar-refractivity contribution in [3.63, 3.8) is 0 Å². The third kappa shape index (κ3) is 66.0. The number of esters is 3. The van der Waals surface area contributed by atoms with Crippen LogP contribution in [0.2, 0.25) is 0 Å². The SMILES string of the molecule is CC/C=C\C/C=C\C/C=C\C/C=C\C/C=C\C/C=C\CCCCCCCCCCCCCCC(=O)OCC(COC(=O)CC/C=C\C/C=C\C/C=C\C/C=C\CC)OC(=O)CCCCCCCCCCC/C=C\C/C=C\CCCCC. The van der Waals surface area contributed by atoms with E-state index in [4.69, 9.17) is 14.2 Å². The van der Waals surface area contributed by atoms with Crippen LogP contribution in [0.4, 0.5) is 0 Å². The van der Waals surface area contributed by atoms with Crippen LogP contribution in [0.3, 0.4) is 0 Å². The summed E-state index contributed by atoms with van der Waals surface area (Å²) >= 11 is 0. The number of allylic oxidation sites excluding steroid dienone is 24. The van der Waals surface area contributed by atoms with Gasteiger partial charge in [0, 0.05) is 19.3 Å². The van der Waals surface area contributed by atoms with Gasteiger partial charge in [-0.3, -0.25) is 14.4 Å². The molecule has 0 aliphatic carbocycles. The molecule has 0 rings (SSSR count). The van der Waals surface area contributed by atoms with E-state index in [1.54, 1.807) is 0 Å². The van der Waals surface area contributed by atoms with Crippen LogP contribution in [-0.4, -0.2) is 37.2 Å². The third-order valence-electron chi connectivity index (χ3n) is 13.8. The summed E-state index contributed by atoms with van der Waals surface area (Å²) in [5.41, 5.74) is 0. The van der Waals surface area contributed by atoms with E-state index < -0.39 is 6.10 Å². The van der Waals surface area contributed by atoms with Crippen molar-refractivity contribution < 1.29 is 28.6 Å². The van der Waals surface area contributed by atoms with E-state index in [0.717, 1.165) is 109 Å². The average molecular weight is 1120 g/mol. The highest BCUT2D eigenvalue weighted by Gasteiger charge is 2.19. The van der Waals surface area contributed by atoms with Gasteiger partial charge in [-0.2, -0.15) is 0 Å². The van der Waals surface area contributed by atoms with E-state index in [1.807, 2.05) is 6.08 Å². The van der Waals surface area contributed by atoms with Crippen molar-refractivity contribution in [1.29, 1.82) is 0 Å². The predicted molar refractivity (Wildman–Crippen MR) is 352 cm³/mol. The first kappa shape index (κ1) is 76.3. The number of carbonyl (C=O) groups is 3. The molecule has 0 N–H and O–H groups in total. The molecule has 0 aromatic carbocycles. The summed E-state index contributed by atoms with van der Waals surface area (Å²) in [5.74, 6) is -0.995. The highest BCUT2D eigenvalue weighted by atomic mass is 16.6. The number of ether oxygens (including phenoxy) is 3. The smallest absolute Gasteiger partial charge is 0.306 e. The van der Waals surface area contributed by atoms with E-state index in [-0.39, 0.29) is 37.5 Å². The van der Waals surface area contributed by atoms with E-state index in [1.165, 1.54) is 135 Å². The summed E-state index contributed by atoms with van der Waals surface area (Å²) in [5, 5.41) is 0. The number of carbonyl (C=O) groups excluding carboxylic acids is 3. The summed E-state index contributed by atoms with van der Waals surface area (Å²) in [6, 6.07) is 0. The fraction of sp³-hybridized carbons (Fsp3) is 0.640. The van der Waals surface area contributed by atoms with Gasteiger partial charge in [0.1, 0.15) is 13.2 Å². The zero-order valence-corrected chi connectivity index (χ0v) is 52.5. The Kier molecular flexibility index (Phi) is 63.9. The molecule has 1 unspecified atom stereocenters. The number of hydrogen-bond donors (Lipinski definition) is 0. The Morgan fingerprint density at radius 3 is 0.827 bits per heavy atom. The monoisotopic (exact) mass is 1120 g/mol. The molecule has 81 heavy (non-hydrogen) atoms. The molecule has 0 saturated carbocycles. The van der Waals surface area contributed by atoms with Crippen LogP contribution in [0.1, 0.15) is 290 Å². The quantitative estimate of drug-likeness (QED) is 0.0261. The van der Waals surface area contributed by atoms with Crippen molar-refractivity contribution >= 4 is 17.9 Å². The van der Waals surface area contributed by atoms with Gasteiger partial charge in [-0.05, 0) is 128 Å². The van der Waals surface area contributed by atoms with Gasteiger partial charge < -0.3 is 14.2 Å². The summed E-state index contributed by atoms with van der Waals surface area (Å²) in [7, 11) is 0. The van der Waals surface area contributed by atoms with Crippen molar-refractivity contribution in [3.8, 4) is 0 Å². The first-order valence-electron chi connectivity index (χ1n) is 33.3. The Morgan fingerprint density at radius 1 is 0.259 bits per heavy atom. The third-order valence-corrected chi connectivity index (χ3v) is 13.8. The fourth-order valence-corrected chi connectivity index (χ4v) is 8.90. The molecule has 0 radical (unpaired) electrons. The lowest BCUT2D eigenvalue weighted by atomic mass is 10.0. The Bertz CT molecular complexity index is 1760. The van der Waals surface area contributed by atoms with Crippen LogP contribution >= 0.6 is 0 Å². The van der Waals surface area contributed by atoms with Gasteiger partial charge >= 0.3 is 17.9 Å². The predicted octanol–water partition coefficient (Wildman–Crippen LogP) is 23.1. The molecular formula is C75H122O6. The van der Waals surface area contributed by atoms with Gasteiger partial charge in [0.2, 0.25) is 0 Å². The Hall–Kier alpha value is -4.71. The minimum absolute atomic E-state index is 0.106. The largest absolute Gasteiger partial charge is 0.462 e. The molecule has 0 aliphatic heterocycles. The molecule has 458 valence electrons. The van der Waals surface area contributed by atoms with Crippen molar-refractivity contribution in [1.82, 2.24) is 0 Å². The molecule has 0 aromatic rings. The van der Waals surface area contributed by atoms with Crippen molar-refractivity contribution in [2.75, 3.05) is 13.2 Å². The number of unbranched alkanes of at least 4 members (excludes halogenated alkanes) is 24. The van der Waals surface area contributed by atoms with E-state index in [0.29, 0.717) is 19.3 Å². The summed E-state index contributed by atoms with van der Waals surface area (Å²) in [4.78, 5) is 38.3. The normalized spacial score (nSPS) is 13.1. The second kappa shape index (κ2) is 67.8. The lowest BCUT2D eigenvalue weighted by molar-refractivity contribution is -0.166. The molecule has 0 heterocycles. The standard InChI is InChI=1S/C75H122O6/c1-4-7-10-13-16-19-22-25-27-29-31-32-33-34-35-36-37-38-39-40-41-42-44-45-47-50-53-56-59-62-65-68-74(77)80-71-72(70-79-73(76)67-64-61-58-55-52-49-24-21-18-15-12-9-6-3)81-75(78)69-66-63-60-57-54-51-48-46-43-30-28-26-23-20-17-14-11-8-5-2/h7,9-10,12,16-21,25-28,31-32,34-35,37-38,49,52,58,61,72H,4-6,8,11,13-15,22-24,29-30,33,36,39-48,50-51,53-57,59-60,62-71H2,1-3H3/b10-7-,12-9-,19-16-,20-17-,21-18-,27-25-,28-26-,32-31-,35-34-,38-37-,52-49-,61-58-. The molecule has 0 bridgehead atoms. The highest BCUT2D eigenvalue weighted by molar-refractivity contribution is 5.71. The van der Waals surface area contributed by atoms with E-state index in [2.05, 4.69) is 161 Å². The first-order valence-corrected chi connectivity index (χ1v) is 33.3. The molecule has 0 spiro atoms. The minimum atomic E-state index is -0.816. The molecule has 0 saturated heterocycles. The van der Waals surface area contributed by atoms with Gasteiger partial charge in [0.15, 0.2) is 6.10 Å². The summed E-state index contributed by atoms with van der Waals surface area (Å²) in [6.45, 7) is 6.33. The molecule has 0 aliphatic rings. The maximum atomic E-state index is 12.9. The maximum Gasteiger partial charge on any atom is 0.306 e. The van der Waals surface area contributed by atoms with Gasteiger partial charge in [-0.25, -0.2) is 0 Å². The Labute approximate surface area is 499 Å². The molecule has 0 amide bonds. The van der Waals surface area contributed by atoms with Crippen molar-refractivity contribution in [3.05, 3.63) is 146 Å². The maximum absolute atomic E-state index is 12.9. The van der Waals surface area contributed by atoms with Gasteiger partial charge in [-0.15, -0.1) is 0 Å². The van der Waals surface area contributed by atoms with E-state index in [9.17, 15) is 14.4 Å². The lowest BCUT2D eigenvalue weighted by Crippen LogP contribution is -2.30. The van der Waals surface area contributed by atoms with Crippen LogP contribution in [0.25, 0.3) is 0 Å². The molecular weight excluding hydrogens is 997 g/mol. The second-order valence-corrected chi connectivity index (χ2v) is 21.6. The Morgan fingerprint density at radius 2 is 0.506 bits per heavy atom. The fourth-order valence-electron chi connectivity index (χ4n) is 8.90. The highest BCUT2D eigenvalue weighted by Crippen LogP contribution is 2.16. The molecule has 6 nitrogen and oxygen atoms in total. The molecule has 1 atom stereocenters. The van der Waals surface area contributed by atoms with Crippen LogP contribution in [-0.2, 0) is 28.6 Å². The molecule has 0 fully saturated rings. The van der Waals surface area contributed by atoms with Crippen LogP contribution in [0, 0.1) is 0 Å². The number of rotatable bonds is 59. The molecule has 0 aromatic heterocycles. The van der Waals surface area contributed by atoms with Crippen LogP contribution < -0.4 is 0 Å². The second-order valence-electron chi connectivity index (χ2n) is 21.6. The van der Waals surface area contributed by atoms with Crippen molar-refractivity contribution in [2.24, 2.45) is 0 Å². The van der Waals surface area contributed by atoms with Crippen molar-refractivity contribution in [2.45, 2.75) is 297 Å². The van der Waals surface area contributed by atoms with E-state index >= 15 is 0 Å². The summed E-state index contributed by atoms with van der Waals surface area (Å²) in [6.07, 6.45) is 97.4. The van der Waals surface area contributed by atoms with Crippen LogP contribution in [0.15, 0.2) is 146 Å². The summed E-state index contributed by atoms with van der Waals surface area (Å²) < 4.78 is 16.9. The first-order chi connectivity index (χ1) is 40.0. The number of hydrogen-bond acceptors (Lipinski definition) is 6. The molecule has 6 heteroatoms. The van der Waals surface area contributed by atoms with Gasteiger partial charge in [0.05, 0.1) is 0 Å². The van der Waals surface area contributed by atoms with Gasteiger partial charge in [-0.1, -0.05) is 289 Å². The minimum Gasteiger partial charge on any atom is -0.462 e. The van der Waals surface area contributed by atoms with Gasteiger partial charge in [0.25, 0.3) is 0 Å². The topological polar surface area (TPSA) is 78.9 Å². The lowest BCUT2D eigenvalue weighted by Gasteiger charge is -2.18.